The monoisotopic (exact) mass is 442 g/mol. The van der Waals surface area contributed by atoms with Gasteiger partial charge < -0.3 is 23.7 Å². The average molecular weight is 443 g/mol. The van der Waals surface area contributed by atoms with E-state index in [1.165, 1.54) is 26.2 Å². The van der Waals surface area contributed by atoms with Crippen LogP contribution in [-0.2, 0) is 30.4 Å². The summed E-state index contributed by atoms with van der Waals surface area (Å²) in [5.74, 6) is -0.326. The van der Waals surface area contributed by atoms with Crippen LogP contribution in [0.25, 0.3) is 0 Å². The summed E-state index contributed by atoms with van der Waals surface area (Å²) < 4.78 is 27.6. The molecule has 0 aromatic heterocycles. The minimum Gasteiger partial charge on any atom is -0.493 e. The standard InChI is InChI=1S/C25H30O7/c1-17(21(32-18(2)26)14-15-23(27)29-4)24(31-16-19-10-7-6-8-11-19)20-12-9-13-22(28-3)25(20)30-5/h6-15,17,21,24H,16H2,1-5H3/b15-14+/t17-,21-,24+/m0/s1. The van der Waals surface area contributed by atoms with Gasteiger partial charge in [-0.15, -0.1) is 0 Å². The van der Waals surface area contributed by atoms with Crippen molar-refractivity contribution in [3.05, 3.63) is 71.8 Å². The number of esters is 2. The number of methoxy groups -OCH3 is 3. The van der Waals surface area contributed by atoms with Crippen LogP contribution < -0.4 is 9.47 Å². The van der Waals surface area contributed by atoms with Crippen molar-refractivity contribution in [2.24, 2.45) is 5.92 Å². The van der Waals surface area contributed by atoms with Crippen molar-refractivity contribution in [1.29, 1.82) is 0 Å². The van der Waals surface area contributed by atoms with Gasteiger partial charge in [-0.2, -0.15) is 0 Å². The first kappa shape index (κ1) is 24.9. The minimum atomic E-state index is -0.747. The zero-order chi connectivity index (χ0) is 23.5. The van der Waals surface area contributed by atoms with Crippen LogP contribution in [0.2, 0.25) is 0 Å². The summed E-state index contributed by atoms with van der Waals surface area (Å²) >= 11 is 0. The van der Waals surface area contributed by atoms with Crippen LogP contribution in [-0.4, -0.2) is 39.4 Å². The van der Waals surface area contributed by atoms with Gasteiger partial charge in [0.25, 0.3) is 0 Å². The molecule has 0 bridgehead atoms. The van der Waals surface area contributed by atoms with Gasteiger partial charge in [0.2, 0.25) is 0 Å². The molecule has 0 radical (unpaired) electrons. The molecule has 0 fully saturated rings. The number of benzene rings is 2. The highest BCUT2D eigenvalue weighted by molar-refractivity contribution is 5.81. The summed E-state index contributed by atoms with van der Waals surface area (Å²) in [6.07, 6.45) is 1.44. The van der Waals surface area contributed by atoms with E-state index in [0.717, 1.165) is 11.1 Å². The van der Waals surface area contributed by atoms with Crippen molar-refractivity contribution < 1.29 is 33.3 Å². The first-order valence-corrected chi connectivity index (χ1v) is 10.2. The first-order valence-electron chi connectivity index (χ1n) is 10.2. The van der Waals surface area contributed by atoms with E-state index in [0.29, 0.717) is 18.1 Å². The fraction of sp³-hybridized carbons (Fsp3) is 0.360. The van der Waals surface area contributed by atoms with E-state index in [1.54, 1.807) is 20.3 Å². The SMILES string of the molecule is COC(=O)/C=C/[C@H](OC(C)=O)[C@H](C)[C@@H](OCc1ccccc1)c1cccc(OC)c1OC. The van der Waals surface area contributed by atoms with Crippen molar-refractivity contribution in [3.8, 4) is 11.5 Å². The largest absolute Gasteiger partial charge is 0.493 e. The van der Waals surface area contributed by atoms with Crippen molar-refractivity contribution in [2.75, 3.05) is 21.3 Å². The highest BCUT2D eigenvalue weighted by atomic mass is 16.5. The average Bonchev–Trinajstić information content (AvgIpc) is 2.81. The number of para-hydroxylation sites is 1. The predicted molar refractivity (Wildman–Crippen MR) is 119 cm³/mol. The lowest BCUT2D eigenvalue weighted by Gasteiger charge is -2.30. The van der Waals surface area contributed by atoms with E-state index < -0.39 is 24.1 Å². The molecule has 0 saturated heterocycles. The fourth-order valence-corrected chi connectivity index (χ4v) is 3.35. The molecule has 7 nitrogen and oxygen atoms in total. The summed E-state index contributed by atoms with van der Waals surface area (Å²) in [5.41, 5.74) is 1.72. The number of carbonyl (C=O) groups is 2. The van der Waals surface area contributed by atoms with Gasteiger partial charge in [0.05, 0.1) is 34.0 Å². The number of hydrogen-bond donors (Lipinski definition) is 0. The molecule has 2 aromatic carbocycles. The Hall–Kier alpha value is -3.32. The Morgan fingerprint density at radius 1 is 0.969 bits per heavy atom. The Balaban J connectivity index is 2.46. The third-order valence-corrected chi connectivity index (χ3v) is 4.93. The van der Waals surface area contributed by atoms with Crippen molar-refractivity contribution in [2.45, 2.75) is 32.7 Å². The van der Waals surface area contributed by atoms with Gasteiger partial charge in [0.15, 0.2) is 11.5 Å². The second kappa shape index (κ2) is 12.5. The van der Waals surface area contributed by atoms with E-state index in [9.17, 15) is 9.59 Å². The zero-order valence-electron chi connectivity index (χ0n) is 19.1. The molecule has 172 valence electrons. The van der Waals surface area contributed by atoms with E-state index in [2.05, 4.69) is 4.74 Å². The lowest BCUT2D eigenvalue weighted by molar-refractivity contribution is -0.149. The van der Waals surface area contributed by atoms with Gasteiger partial charge in [-0.25, -0.2) is 4.79 Å². The zero-order valence-corrected chi connectivity index (χ0v) is 19.1. The molecule has 0 aliphatic carbocycles. The Bertz CT molecular complexity index is 908. The van der Waals surface area contributed by atoms with Gasteiger partial charge in [-0.05, 0) is 17.7 Å². The molecule has 2 aromatic rings. The van der Waals surface area contributed by atoms with Crippen LogP contribution in [0.5, 0.6) is 11.5 Å². The van der Waals surface area contributed by atoms with Crippen molar-refractivity contribution >= 4 is 11.9 Å². The van der Waals surface area contributed by atoms with E-state index >= 15 is 0 Å². The highest BCUT2D eigenvalue weighted by Crippen LogP contribution is 2.41. The van der Waals surface area contributed by atoms with Gasteiger partial charge in [0, 0.05) is 24.5 Å². The fourth-order valence-electron chi connectivity index (χ4n) is 3.35. The summed E-state index contributed by atoms with van der Waals surface area (Å²) in [7, 11) is 4.40. The molecule has 0 spiro atoms. The van der Waals surface area contributed by atoms with Crippen LogP contribution in [0.3, 0.4) is 0 Å². The van der Waals surface area contributed by atoms with E-state index in [4.69, 9.17) is 18.9 Å². The van der Waals surface area contributed by atoms with Crippen LogP contribution in [0.15, 0.2) is 60.7 Å². The normalized spacial score (nSPS) is 13.8. The molecular weight excluding hydrogens is 412 g/mol. The molecule has 0 unspecified atom stereocenters. The van der Waals surface area contributed by atoms with Gasteiger partial charge in [-0.3, -0.25) is 4.79 Å². The molecule has 0 aliphatic rings. The summed E-state index contributed by atoms with van der Waals surface area (Å²) in [4.78, 5) is 23.4. The third kappa shape index (κ3) is 6.85. The summed E-state index contributed by atoms with van der Waals surface area (Å²) in [6, 6.07) is 15.2. The molecule has 32 heavy (non-hydrogen) atoms. The maximum atomic E-state index is 11.8. The third-order valence-electron chi connectivity index (χ3n) is 4.93. The minimum absolute atomic E-state index is 0.323. The number of rotatable bonds is 11. The Labute approximate surface area is 188 Å². The molecule has 3 atom stereocenters. The van der Waals surface area contributed by atoms with Crippen molar-refractivity contribution in [3.63, 3.8) is 0 Å². The number of carbonyl (C=O) groups excluding carboxylic acids is 2. The van der Waals surface area contributed by atoms with E-state index in [-0.39, 0.29) is 5.92 Å². The maximum absolute atomic E-state index is 11.8. The van der Waals surface area contributed by atoms with Crippen LogP contribution in [0.4, 0.5) is 0 Å². The molecule has 0 N–H and O–H groups in total. The first-order chi connectivity index (χ1) is 15.4. The van der Waals surface area contributed by atoms with E-state index in [1.807, 2.05) is 49.4 Å². The van der Waals surface area contributed by atoms with Gasteiger partial charge in [0.1, 0.15) is 6.10 Å². The smallest absolute Gasteiger partial charge is 0.330 e. The maximum Gasteiger partial charge on any atom is 0.330 e. The Morgan fingerprint density at radius 2 is 1.69 bits per heavy atom. The second-order valence-corrected chi connectivity index (χ2v) is 7.12. The molecule has 0 amide bonds. The summed E-state index contributed by atoms with van der Waals surface area (Å²) in [5, 5.41) is 0. The molecule has 0 saturated carbocycles. The molecule has 7 heteroatoms. The lowest BCUT2D eigenvalue weighted by Crippen LogP contribution is -2.29. The Morgan fingerprint density at radius 3 is 2.28 bits per heavy atom. The topological polar surface area (TPSA) is 80.3 Å². The summed E-state index contributed by atoms with van der Waals surface area (Å²) in [6.45, 7) is 3.52. The van der Waals surface area contributed by atoms with Crippen LogP contribution in [0.1, 0.15) is 31.1 Å². The molecule has 0 heterocycles. The van der Waals surface area contributed by atoms with Gasteiger partial charge >= 0.3 is 11.9 Å². The molecule has 0 aliphatic heterocycles. The highest BCUT2D eigenvalue weighted by Gasteiger charge is 2.32. The quantitative estimate of drug-likeness (QED) is 0.380. The van der Waals surface area contributed by atoms with Crippen molar-refractivity contribution in [1.82, 2.24) is 0 Å². The second-order valence-electron chi connectivity index (χ2n) is 7.12. The van der Waals surface area contributed by atoms with Crippen LogP contribution >= 0.6 is 0 Å². The molecular formula is C25H30O7. The number of hydrogen-bond acceptors (Lipinski definition) is 7. The lowest BCUT2D eigenvalue weighted by atomic mass is 9.90. The van der Waals surface area contributed by atoms with Crippen LogP contribution in [0, 0.1) is 5.92 Å². The molecule has 2 rings (SSSR count). The van der Waals surface area contributed by atoms with Gasteiger partial charge in [-0.1, -0.05) is 49.4 Å². The predicted octanol–water partition coefficient (Wildman–Crippen LogP) is 4.26. The number of ether oxygens (including phenoxy) is 5. The Kier molecular flexibility index (Phi) is 9.76.